The van der Waals surface area contributed by atoms with Crippen LogP contribution >= 0.6 is 11.3 Å². The standard InChI is InChI=1S/C44H29N3S.C2H6/c1-26-14-6-8-18-30(26)39-27(2)45-44(40(46-39)29-16-4-3-5-17-29)47-36-23-13-12-22-34(36)37-32-20-10-11-21-33(32)38-35-25-24-28-15-7-9-19-31(28)42(35)48-43(38)41(37)47;1-2/h3-25H,1-2H3;1-2H3. The Bertz CT molecular complexity index is 2910. The maximum Gasteiger partial charge on any atom is 0.164 e. The molecule has 0 unspecified atom stereocenters. The molecule has 0 atom stereocenters. The number of nitrogens with zero attached hydrogens (tertiary/aromatic N) is 3. The minimum absolute atomic E-state index is 0.848. The van der Waals surface area contributed by atoms with Crippen LogP contribution < -0.4 is 0 Å². The Morgan fingerprint density at radius 3 is 1.92 bits per heavy atom. The van der Waals surface area contributed by atoms with Gasteiger partial charge in [0, 0.05) is 37.4 Å². The summed E-state index contributed by atoms with van der Waals surface area (Å²) in [6, 6.07) is 50.0. The Balaban J connectivity index is 0.00000165. The molecule has 0 fully saturated rings. The number of para-hydroxylation sites is 1. The highest BCUT2D eigenvalue weighted by Crippen LogP contribution is 2.49. The van der Waals surface area contributed by atoms with E-state index in [2.05, 4.69) is 158 Å². The van der Waals surface area contributed by atoms with Crippen LogP contribution in [-0.2, 0) is 0 Å². The summed E-state index contributed by atoms with van der Waals surface area (Å²) in [6.45, 7) is 8.24. The fourth-order valence-electron chi connectivity index (χ4n) is 7.67. The maximum atomic E-state index is 5.51. The zero-order valence-electron chi connectivity index (χ0n) is 28.5. The highest BCUT2D eigenvalue weighted by atomic mass is 32.1. The minimum atomic E-state index is 0.848. The molecular weight excluding hydrogens is 627 g/mol. The van der Waals surface area contributed by atoms with Crippen molar-refractivity contribution in [1.82, 2.24) is 14.5 Å². The van der Waals surface area contributed by atoms with Gasteiger partial charge < -0.3 is 0 Å². The Kier molecular flexibility index (Phi) is 7.22. The molecule has 0 aliphatic heterocycles. The topological polar surface area (TPSA) is 30.7 Å². The quantitative estimate of drug-likeness (QED) is 0.189. The van der Waals surface area contributed by atoms with Crippen LogP contribution in [0.2, 0.25) is 0 Å². The fraction of sp³-hybridized carbons (Fsp3) is 0.0870. The number of rotatable bonds is 3. The molecule has 10 aromatic rings. The van der Waals surface area contributed by atoms with Gasteiger partial charge in [0.15, 0.2) is 5.82 Å². The molecule has 0 saturated heterocycles. The van der Waals surface area contributed by atoms with Crippen LogP contribution in [0.5, 0.6) is 0 Å². The molecule has 0 radical (unpaired) electrons. The molecule has 10 rings (SSSR count). The number of thiophene rings is 1. The second-order valence-corrected chi connectivity index (χ2v) is 13.6. The lowest BCUT2D eigenvalue weighted by Gasteiger charge is -2.17. The van der Waals surface area contributed by atoms with E-state index in [-0.39, 0.29) is 0 Å². The maximum absolute atomic E-state index is 5.51. The van der Waals surface area contributed by atoms with E-state index in [1.807, 2.05) is 25.2 Å². The minimum Gasteiger partial charge on any atom is -0.290 e. The lowest BCUT2D eigenvalue weighted by molar-refractivity contribution is 1.02. The van der Waals surface area contributed by atoms with Gasteiger partial charge in [0.2, 0.25) is 0 Å². The average Bonchev–Trinajstić information content (AvgIpc) is 3.74. The average molecular weight is 662 g/mol. The van der Waals surface area contributed by atoms with Crippen LogP contribution in [0, 0.1) is 13.8 Å². The van der Waals surface area contributed by atoms with Gasteiger partial charge in [-0.05, 0) is 47.0 Å². The first-order valence-corrected chi connectivity index (χ1v) is 18.2. The zero-order chi connectivity index (χ0) is 33.9. The number of aryl methyl sites for hydroxylation is 2. The van der Waals surface area contributed by atoms with Crippen molar-refractivity contribution in [3.05, 3.63) is 151 Å². The summed E-state index contributed by atoms with van der Waals surface area (Å²) in [5, 5.41) is 10.2. The van der Waals surface area contributed by atoms with Gasteiger partial charge in [-0.2, -0.15) is 0 Å². The summed E-state index contributed by atoms with van der Waals surface area (Å²) < 4.78 is 4.99. The van der Waals surface area contributed by atoms with Crippen molar-refractivity contribution in [3.63, 3.8) is 0 Å². The monoisotopic (exact) mass is 661 g/mol. The van der Waals surface area contributed by atoms with Gasteiger partial charge in [0.25, 0.3) is 0 Å². The number of hydrogen-bond acceptors (Lipinski definition) is 3. The van der Waals surface area contributed by atoms with Gasteiger partial charge in [0.1, 0.15) is 5.69 Å². The number of aromatic nitrogens is 3. The lowest BCUT2D eigenvalue weighted by Crippen LogP contribution is -2.07. The van der Waals surface area contributed by atoms with Gasteiger partial charge >= 0.3 is 0 Å². The SMILES string of the molecule is CC.Cc1ccccc1-c1nc(-c2ccccc2)c(-n2c3ccccc3c3c4ccccc4c4c5ccc6ccccc6c5sc4c32)nc1C. The first-order valence-electron chi connectivity index (χ1n) is 17.4. The smallest absolute Gasteiger partial charge is 0.164 e. The van der Waals surface area contributed by atoms with E-state index in [9.17, 15) is 0 Å². The number of hydrogen-bond donors (Lipinski definition) is 0. The Hall–Kier alpha value is -5.84. The summed E-state index contributed by atoms with van der Waals surface area (Å²) in [6.07, 6.45) is 0. The lowest BCUT2D eigenvalue weighted by atomic mass is 9.98. The first kappa shape index (κ1) is 30.2. The van der Waals surface area contributed by atoms with Gasteiger partial charge in [-0.1, -0.05) is 147 Å². The summed E-state index contributed by atoms with van der Waals surface area (Å²) >= 11 is 1.90. The molecule has 240 valence electrons. The zero-order valence-corrected chi connectivity index (χ0v) is 29.3. The molecule has 0 aliphatic rings. The van der Waals surface area contributed by atoms with E-state index in [4.69, 9.17) is 9.97 Å². The molecule has 50 heavy (non-hydrogen) atoms. The molecule has 0 spiro atoms. The van der Waals surface area contributed by atoms with Crippen molar-refractivity contribution in [3.8, 4) is 28.3 Å². The number of benzene rings is 7. The Labute approximate surface area is 295 Å². The van der Waals surface area contributed by atoms with Crippen LogP contribution in [-0.4, -0.2) is 14.5 Å². The van der Waals surface area contributed by atoms with Gasteiger partial charge in [-0.25, -0.2) is 9.97 Å². The second kappa shape index (κ2) is 11.9. The third-order valence-electron chi connectivity index (χ3n) is 9.85. The molecular formula is C46H35N3S. The molecule has 0 bridgehead atoms. The predicted molar refractivity (Wildman–Crippen MR) is 216 cm³/mol. The third-order valence-corrected chi connectivity index (χ3v) is 11.1. The van der Waals surface area contributed by atoms with Crippen molar-refractivity contribution in [2.45, 2.75) is 27.7 Å². The van der Waals surface area contributed by atoms with Gasteiger partial charge in [-0.3, -0.25) is 4.57 Å². The van der Waals surface area contributed by atoms with E-state index in [1.54, 1.807) is 0 Å². The highest BCUT2D eigenvalue weighted by Gasteiger charge is 2.25. The molecule has 3 heterocycles. The van der Waals surface area contributed by atoms with E-state index in [1.165, 1.54) is 63.6 Å². The number of fused-ring (bicyclic) bond motifs is 12. The fourth-order valence-corrected chi connectivity index (χ4v) is 9.06. The van der Waals surface area contributed by atoms with Crippen molar-refractivity contribution in [2.24, 2.45) is 0 Å². The summed E-state index contributed by atoms with van der Waals surface area (Å²) in [5.74, 6) is 0.848. The van der Waals surface area contributed by atoms with E-state index in [0.717, 1.165) is 39.5 Å². The molecule has 0 saturated carbocycles. The molecule has 3 nitrogen and oxygen atoms in total. The highest BCUT2D eigenvalue weighted by molar-refractivity contribution is 7.27. The van der Waals surface area contributed by atoms with E-state index in [0.29, 0.717) is 0 Å². The predicted octanol–water partition coefficient (Wildman–Crippen LogP) is 13.2. The molecule has 0 N–H and O–H groups in total. The third kappa shape index (κ3) is 4.42. The van der Waals surface area contributed by atoms with Crippen molar-refractivity contribution in [1.29, 1.82) is 0 Å². The molecule has 0 amide bonds. The van der Waals surface area contributed by atoms with Gasteiger partial charge in [0.05, 0.1) is 27.1 Å². The first-order chi connectivity index (χ1) is 24.7. The van der Waals surface area contributed by atoms with Crippen molar-refractivity contribution < 1.29 is 0 Å². The molecule has 3 aromatic heterocycles. The van der Waals surface area contributed by atoms with Crippen molar-refractivity contribution >= 4 is 74.9 Å². The van der Waals surface area contributed by atoms with Gasteiger partial charge in [-0.15, -0.1) is 11.3 Å². The second-order valence-electron chi connectivity index (χ2n) is 12.6. The summed E-state index contributed by atoms with van der Waals surface area (Å²) in [5.41, 5.74) is 8.34. The van der Waals surface area contributed by atoms with E-state index < -0.39 is 0 Å². The van der Waals surface area contributed by atoms with Crippen LogP contribution in [0.15, 0.2) is 140 Å². The molecule has 0 aliphatic carbocycles. The largest absolute Gasteiger partial charge is 0.290 e. The van der Waals surface area contributed by atoms with Crippen LogP contribution in [0.1, 0.15) is 25.1 Å². The summed E-state index contributed by atoms with van der Waals surface area (Å²) in [7, 11) is 0. The Morgan fingerprint density at radius 1 is 0.500 bits per heavy atom. The van der Waals surface area contributed by atoms with E-state index >= 15 is 0 Å². The van der Waals surface area contributed by atoms with Crippen LogP contribution in [0.3, 0.4) is 0 Å². The van der Waals surface area contributed by atoms with Crippen LogP contribution in [0.25, 0.3) is 91.9 Å². The summed E-state index contributed by atoms with van der Waals surface area (Å²) in [4.78, 5) is 11.0. The molecule has 7 aromatic carbocycles. The molecule has 4 heteroatoms. The Morgan fingerprint density at radius 2 is 1.14 bits per heavy atom. The normalized spacial score (nSPS) is 11.6. The van der Waals surface area contributed by atoms with Crippen molar-refractivity contribution in [2.75, 3.05) is 0 Å². The van der Waals surface area contributed by atoms with Crippen LogP contribution in [0.4, 0.5) is 0 Å².